The zero-order valence-corrected chi connectivity index (χ0v) is 23.1. The molecule has 0 unspecified atom stereocenters. The van der Waals surface area contributed by atoms with Crippen LogP contribution in [0.1, 0.15) is 11.0 Å². The Bertz CT molecular complexity index is 2670. The van der Waals surface area contributed by atoms with Crippen molar-refractivity contribution in [3.05, 3.63) is 176 Å². The highest BCUT2D eigenvalue weighted by molar-refractivity contribution is 6.00. The normalized spacial score (nSPS) is 13.9. The molecule has 1 nitrogen and oxygen atoms in total. The summed E-state index contributed by atoms with van der Waals surface area (Å²) in [4.78, 5) is 1.42. The van der Waals surface area contributed by atoms with E-state index in [2.05, 4.69) is 0 Å². The molecule has 8 rings (SSSR count). The van der Waals surface area contributed by atoms with Gasteiger partial charge in [0.15, 0.2) is 0 Å². The van der Waals surface area contributed by atoms with Gasteiger partial charge >= 0.3 is 0 Å². The lowest BCUT2D eigenvalue weighted by molar-refractivity contribution is 1.30. The van der Waals surface area contributed by atoms with E-state index in [4.69, 9.17) is 2.74 Å². The van der Waals surface area contributed by atoms with E-state index in [0.717, 1.165) is 26.9 Å². The first-order valence-electron chi connectivity index (χ1n) is 18.1. The third kappa shape index (κ3) is 4.62. The lowest BCUT2D eigenvalue weighted by Gasteiger charge is -2.27. The van der Waals surface area contributed by atoms with E-state index in [9.17, 15) is 8.22 Å². The summed E-state index contributed by atoms with van der Waals surface area (Å²) in [6.45, 7) is 0. The standard InChI is InChI=1S/C42H29N/c1-2-13-34-28-36(23-22-30(34)10-1)35-16-7-17-38(29-35)43(42-21-9-15-32-12-4-6-19-41(32)42)37-26-24-33(25-27-37)40-20-8-14-31-11-3-5-18-39(31)40/h1-29H/i7D,16D,17D,24D,25D,26D,27D,29D. The van der Waals surface area contributed by atoms with Crippen molar-refractivity contribution in [2.75, 3.05) is 4.90 Å². The van der Waals surface area contributed by atoms with Gasteiger partial charge in [-0.15, -0.1) is 0 Å². The predicted molar refractivity (Wildman–Crippen MR) is 185 cm³/mol. The SMILES string of the molecule is [2H]c1c([2H])c(-c2ccc3ccccc3c2)c([2H])c(N(c2c([2H])c([2H])c(-c3cccc4ccccc34)c([2H])c2[2H])c2cccc3ccccc23)c1[2H]. The zero-order valence-electron chi connectivity index (χ0n) is 31.1. The summed E-state index contributed by atoms with van der Waals surface area (Å²) in [5, 5.41) is 5.03. The fraction of sp³-hybridized carbons (Fsp3) is 0. The molecule has 0 radical (unpaired) electrons. The van der Waals surface area contributed by atoms with E-state index in [0.29, 0.717) is 22.2 Å². The van der Waals surface area contributed by atoms with E-state index < -0.39 is 12.1 Å². The molecule has 8 aromatic carbocycles. The molecule has 43 heavy (non-hydrogen) atoms. The summed E-state index contributed by atoms with van der Waals surface area (Å²) in [7, 11) is 0. The van der Waals surface area contributed by atoms with Gasteiger partial charge < -0.3 is 4.90 Å². The summed E-state index contributed by atoms with van der Waals surface area (Å²) in [6.07, 6.45) is 0. The molecule has 0 atom stereocenters. The van der Waals surface area contributed by atoms with Crippen LogP contribution in [0.3, 0.4) is 0 Å². The first kappa shape index (κ1) is 18.0. The minimum atomic E-state index is -0.433. The Balaban J connectivity index is 1.47. The number of nitrogens with zero attached hydrogens (tertiary/aromatic N) is 1. The van der Waals surface area contributed by atoms with Crippen LogP contribution in [0.25, 0.3) is 54.6 Å². The highest BCUT2D eigenvalue weighted by Crippen LogP contribution is 2.41. The van der Waals surface area contributed by atoms with E-state index in [1.54, 1.807) is 24.3 Å². The molecule has 0 aliphatic carbocycles. The van der Waals surface area contributed by atoms with Gasteiger partial charge in [0, 0.05) is 16.8 Å². The van der Waals surface area contributed by atoms with Crippen LogP contribution >= 0.6 is 0 Å². The van der Waals surface area contributed by atoms with Crippen molar-refractivity contribution in [1.82, 2.24) is 0 Å². The Labute approximate surface area is 263 Å². The summed E-state index contributed by atoms with van der Waals surface area (Å²) in [5.41, 5.74) is 1.48. The van der Waals surface area contributed by atoms with Gasteiger partial charge in [-0.1, -0.05) is 139 Å². The van der Waals surface area contributed by atoms with Gasteiger partial charge in [0.05, 0.1) is 16.7 Å². The van der Waals surface area contributed by atoms with Crippen LogP contribution in [0.2, 0.25) is 0 Å². The topological polar surface area (TPSA) is 3.24 Å². The fourth-order valence-electron chi connectivity index (χ4n) is 5.69. The van der Waals surface area contributed by atoms with Gasteiger partial charge in [0.2, 0.25) is 0 Å². The zero-order chi connectivity index (χ0) is 35.6. The molecule has 0 aliphatic heterocycles. The average Bonchev–Trinajstić information content (AvgIpc) is 3.15. The maximum absolute atomic E-state index is 9.64. The number of fused-ring (bicyclic) bond motifs is 3. The first-order chi connectivity index (χ1) is 24.7. The van der Waals surface area contributed by atoms with Crippen molar-refractivity contribution >= 4 is 49.4 Å². The van der Waals surface area contributed by atoms with Crippen LogP contribution in [0.15, 0.2) is 176 Å². The lowest BCUT2D eigenvalue weighted by Crippen LogP contribution is -2.10. The number of hydrogen-bond acceptors (Lipinski definition) is 1. The largest absolute Gasteiger partial charge is 0.310 e. The summed E-state index contributed by atoms with van der Waals surface area (Å²) in [6, 6.07) is 36.7. The molecule has 0 aliphatic rings. The minimum absolute atomic E-state index is 0.116. The number of anilines is 3. The summed E-state index contributed by atoms with van der Waals surface area (Å²) in [5.74, 6) is 0. The molecule has 0 amide bonds. The predicted octanol–water partition coefficient (Wildman–Crippen LogP) is 11.9. The molecule has 0 heterocycles. The van der Waals surface area contributed by atoms with Crippen molar-refractivity contribution in [3.8, 4) is 22.3 Å². The fourth-order valence-corrected chi connectivity index (χ4v) is 5.69. The van der Waals surface area contributed by atoms with Crippen molar-refractivity contribution in [2.24, 2.45) is 0 Å². The highest BCUT2D eigenvalue weighted by atomic mass is 15.1. The smallest absolute Gasteiger partial charge is 0.0651 e. The molecule has 1 heteroatoms. The highest BCUT2D eigenvalue weighted by Gasteiger charge is 2.16. The quantitative estimate of drug-likeness (QED) is 0.204. The van der Waals surface area contributed by atoms with Crippen LogP contribution in [0.5, 0.6) is 0 Å². The molecular weight excluding hydrogens is 518 g/mol. The van der Waals surface area contributed by atoms with Gasteiger partial charge in [-0.05, 0) is 85.5 Å². The Morgan fingerprint density at radius 1 is 0.419 bits per heavy atom. The maximum Gasteiger partial charge on any atom is 0.0651 e. The Morgan fingerprint density at radius 2 is 1.07 bits per heavy atom. The molecular formula is C42H29N. The van der Waals surface area contributed by atoms with Crippen LogP contribution in [0, 0.1) is 0 Å². The number of hydrogen-bond donors (Lipinski definition) is 0. The molecule has 0 saturated heterocycles. The van der Waals surface area contributed by atoms with Crippen LogP contribution in [-0.2, 0) is 0 Å². The molecule has 0 fully saturated rings. The van der Waals surface area contributed by atoms with Gasteiger partial charge in [-0.25, -0.2) is 0 Å². The first-order valence-corrected chi connectivity index (χ1v) is 14.1. The molecule has 8 aromatic rings. The Kier molecular flexibility index (Phi) is 4.45. The van der Waals surface area contributed by atoms with Gasteiger partial charge in [-0.2, -0.15) is 0 Å². The van der Waals surface area contributed by atoms with Crippen LogP contribution in [-0.4, -0.2) is 0 Å². The molecule has 0 spiro atoms. The summed E-state index contributed by atoms with van der Waals surface area (Å²) >= 11 is 0. The molecule has 0 saturated carbocycles. The molecule has 0 aromatic heterocycles. The molecule has 202 valence electrons. The second kappa shape index (κ2) is 10.6. The van der Waals surface area contributed by atoms with Crippen molar-refractivity contribution in [2.45, 2.75) is 0 Å². The lowest BCUT2D eigenvalue weighted by atomic mass is 9.97. The molecule has 0 bridgehead atoms. The second-order valence-corrected chi connectivity index (χ2v) is 10.4. The van der Waals surface area contributed by atoms with Crippen molar-refractivity contribution in [3.63, 3.8) is 0 Å². The van der Waals surface area contributed by atoms with E-state index in [-0.39, 0.29) is 58.8 Å². The van der Waals surface area contributed by atoms with Crippen molar-refractivity contribution < 1.29 is 11.0 Å². The maximum atomic E-state index is 9.64. The Morgan fingerprint density at radius 3 is 1.88 bits per heavy atom. The number of benzene rings is 8. The summed E-state index contributed by atoms with van der Waals surface area (Å²) < 4.78 is 74.4. The van der Waals surface area contributed by atoms with Gasteiger partial charge in [0.1, 0.15) is 0 Å². The van der Waals surface area contributed by atoms with E-state index >= 15 is 0 Å². The monoisotopic (exact) mass is 555 g/mol. The second-order valence-electron chi connectivity index (χ2n) is 10.4. The average molecular weight is 556 g/mol. The van der Waals surface area contributed by atoms with Crippen LogP contribution < -0.4 is 4.90 Å². The van der Waals surface area contributed by atoms with Crippen molar-refractivity contribution in [1.29, 1.82) is 0 Å². The third-order valence-electron chi connectivity index (χ3n) is 7.78. The minimum Gasteiger partial charge on any atom is -0.310 e. The van der Waals surface area contributed by atoms with E-state index in [1.807, 2.05) is 103 Å². The van der Waals surface area contributed by atoms with Crippen LogP contribution in [0.4, 0.5) is 17.1 Å². The Hall–Kier alpha value is -5.66. The third-order valence-corrected chi connectivity index (χ3v) is 7.78. The van der Waals surface area contributed by atoms with E-state index in [1.165, 1.54) is 4.90 Å². The molecule has 0 N–H and O–H groups in total. The van der Waals surface area contributed by atoms with Gasteiger partial charge in [-0.3, -0.25) is 0 Å². The number of rotatable bonds is 5. The van der Waals surface area contributed by atoms with Gasteiger partial charge in [0.25, 0.3) is 0 Å².